The number of aromatic nitrogens is 4. The molecule has 15 aromatic rings. The van der Waals surface area contributed by atoms with Crippen molar-refractivity contribution in [3.05, 3.63) is 289 Å². The van der Waals surface area contributed by atoms with Gasteiger partial charge in [-0.05, 0) is 121 Å². The molecule has 1 unspecified atom stereocenters. The van der Waals surface area contributed by atoms with Crippen LogP contribution in [0.25, 0.3) is 111 Å². The highest BCUT2D eigenvalue weighted by molar-refractivity contribution is 6.24. The fourth-order valence-electron chi connectivity index (χ4n) is 13.6. The Morgan fingerprint density at radius 3 is 1.57 bits per heavy atom. The molecule has 1 atom stereocenters. The fourth-order valence-corrected chi connectivity index (χ4v) is 13.6. The number of nitriles is 2. The Morgan fingerprint density at radius 2 is 0.904 bits per heavy atom. The van der Waals surface area contributed by atoms with Crippen LogP contribution in [-0.2, 0) is 0 Å². The average Bonchev–Trinajstić information content (AvgIpc) is 2.02. The SMILES string of the molecule is N#Cc1cc(-n2c3ccc(-n4c5ccccc5c5ccccc54)cc3c3ccc4c5ccccc5n(-c5ccccc5)c4c32)c(C#N)cc1-n1c2c(c3cc(N(c4ccccc4)c4ccccc4)ccc31)C1=CC(C=C2)c2ccccc2O1. The molecule has 386 valence electrons. The molecule has 2 aliphatic rings. The predicted molar refractivity (Wildman–Crippen MR) is 337 cm³/mol. The van der Waals surface area contributed by atoms with Crippen molar-refractivity contribution in [3.63, 3.8) is 0 Å². The van der Waals surface area contributed by atoms with E-state index < -0.39 is 0 Å². The van der Waals surface area contributed by atoms with Crippen molar-refractivity contribution in [2.24, 2.45) is 0 Å². The zero-order valence-electron chi connectivity index (χ0n) is 44.5. The van der Waals surface area contributed by atoms with Crippen molar-refractivity contribution < 1.29 is 4.74 Å². The number of benzene rings is 11. The van der Waals surface area contributed by atoms with Gasteiger partial charge in [0.2, 0.25) is 0 Å². The molecule has 4 aromatic heterocycles. The summed E-state index contributed by atoms with van der Waals surface area (Å²) in [5, 5.41) is 31.1. The van der Waals surface area contributed by atoms with E-state index in [0.717, 1.165) is 122 Å². The van der Waals surface area contributed by atoms with E-state index in [0.29, 0.717) is 22.5 Å². The number of ether oxygens (including phenoxy) is 1. The molecular formula is C75H45N7O. The Bertz CT molecular complexity index is 5300. The van der Waals surface area contributed by atoms with Crippen LogP contribution in [-0.4, -0.2) is 18.3 Å². The topological polar surface area (TPSA) is 79.8 Å². The van der Waals surface area contributed by atoms with Crippen LogP contribution in [0.15, 0.2) is 261 Å². The first kappa shape index (κ1) is 46.3. The summed E-state index contributed by atoms with van der Waals surface area (Å²) in [7, 11) is 0. The van der Waals surface area contributed by atoms with Crippen LogP contribution in [0.5, 0.6) is 5.75 Å². The van der Waals surface area contributed by atoms with Crippen molar-refractivity contribution >= 4 is 105 Å². The summed E-state index contributed by atoms with van der Waals surface area (Å²) >= 11 is 0. The standard InChI is InChI=1S/C75H45N7O/c76-45-48-41-70(49(46-77)40-69(48)81-67-39-33-53(78(50-18-4-1-5-19-50)51-20-6-2-7-21-51)44-62(67)73-68(81)37-32-47-42-72(73)83-71-31-17-13-24-55(47)71)82-66-38-34-54(79-63-28-14-10-25-56(63)57-26-11-15-29-64(57)79)43-61(66)60-36-35-59-58-27-12-16-30-65(58)80(74(59)75(60)82)52-22-8-3-9-23-52/h1-44,47H. The van der Waals surface area contributed by atoms with E-state index in [9.17, 15) is 10.5 Å². The number of allylic oxidation sites excluding steroid dienone is 2. The van der Waals surface area contributed by atoms with E-state index >= 15 is 0 Å². The van der Waals surface area contributed by atoms with E-state index in [1.54, 1.807) is 0 Å². The van der Waals surface area contributed by atoms with Crippen LogP contribution < -0.4 is 9.64 Å². The van der Waals surface area contributed by atoms with Gasteiger partial charge in [-0.15, -0.1) is 0 Å². The molecule has 83 heavy (non-hydrogen) atoms. The smallest absolute Gasteiger partial charge is 0.134 e. The highest BCUT2D eigenvalue weighted by atomic mass is 16.5. The average molecular weight is 1060 g/mol. The first-order valence-electron chi connectivity index (χ1n) is 27.9. The molecule has 0 saturated carbocycles. The quantitative estimate of drug-likeness (QED) is 0.159. The summed E-state index contributed by atoms with van der Waals surface area (Å²) in [6, 6.07) is 92.2. The molecule has 8 heteroatoms. The summed E-state index contributed by atoms with van der Waals surface area (Å²) in [5.74, 6) is 1.49. The molecular weight excluding hydrogens is 1010 g/mol. The molecule has 5 heterocycles. The van der Waals surface area contributed by atoms with E-state index in [1.165, 1.54) is 10.8 Å². The maximum atomic E-state index is 11.8. The van der Waals surface area contributed by atoms with Crippen LogP contribution in [0.4, 0.5) is 17.1 Å². The molecule has 0 N–H and O–H groups in total. The first-order chi connectivity index (χ1) is 41.1. The number of anilines is 3. The molecule has 0 fully saturated rings. The minimum absolute atomic E-state index is 0.0549. The normalized spacial score (nSPS) is 13.5. The van der Waals surface area contributed by atoms with Gasteiger partial charge in [0.15, 0.2) is 0 Å². The second-order valence-electron chi connectivity index (χ2n) is 21.4. The Hall–Kier alpha value is -11.6. The van der Waals surface area contributed by atoms with Gasteiger partial charge in [0.25, 0.3) is 0 Å². The molecule has 0 spiro atoms. The minimum atomic E-state index is -0.0549. The van der Waals surface area contributed by atoms with Crippen molar-refractivity contribution in [1.29, 1.82) is 10.5 Å². The van der Waals surface area contributed by atoms with Gasteiger partial charge in [-0.2, -0.15) is 10.5 Å². The number of hydrogen-bond acceptors (Lipinski definition) is 4. The number of nitrogens with zero attached hydrogens (tertiary/aromatic N) is 7. The van der Waals surface area contributed by atoms with Gasteiger partial charge in [-0.25, -0.2) is 0 Å². The summed E-state index contributed by atoms with van der Waals surface area (Å²) in [6.07, 6.45) is 6.59. The van der Waals surface area contributed by atoms with Gasteiger partial charge in [0.1, 0.15) is 23.6 Å². The molecule has 0 radical (unpaired) electrons. The minimum Gasteiger partial charge on any atom is -0.457 e. The lowest BCUT2D eigenvalue weighted by molar-refractivity contribution is 0.495. The van der Waals surface area contributed by atoms with Gasteiger partial charge in [-0.1, -0.05) is 146 Å². The van der Waals surface area contributed by atoms with E-state index in [2.05, 4.69) is 260 Å². The van der Waals surface area contributed by atoms with Crippen molar-refractivity contribution in [2.45, 2.75) is 5.92 Å². The maximum absolute atomic E-state index is 11.8. The summed E-state index contributed by atoms with van der Waals surface area (Å²) in [5.41, 5.74) is 16.9. The number of fused-ring (bicyclic) bond motifs is 17. The summed E-state index contributed by atoms with van der Waals surface area (Å²) < 4.78 is 16.0. The predicted octanol–water partition coefficient (Wildman–Crippen LogP) is 18.7. The first-order valence-corrected chi connectivity index (χ1v) is 27.9. The highest BCUT2D eigenvalue weighted by Gasteiger charge is 2.32. The second-order valence-corrected chi connectivity index (χ2v) is 21.4. The Morgan fingerprint density at radius 1 is 0.386 bits per heavy atom. The van der Waals surface area contributed by atoms with Gasteiger partial charge in [0, 0.05) is 77.6 Å². The number of hydrogen-bond donors (Lipinski definition) is 0. The fraction of sp³-hybridized carbons (Fsp3) is 0.0133. The molecule has 0 saturated heterocycles. The molecule has 8 nitrogen and oxygen atoms in total. The van der Waals surface area contributed by atoms with Crippen LogP contribution in [0.3, 0.4) is 0 Å². The zero-order valence-corrected chi connectivity index (χ0v) is 44.5. The van der Waals surface area contributed by atoms with Crippen molar-refractivity contribution in [3.8, 4) is 40.6 Å². The third-order valence-corrected chi connectivity index (χ3v) is 17.0. The number of rotatable bonds is 7. The lowest BCUT2D eigenvalue weighted by Crippen LogP contribution is -2.10. The zero-order chi connectivity index (χ0) is 54.9. The third-order valence-electron chi connectivity index (χ3n) is 17.0. The Balaban J connectivity index is 0.950. The lowest BCUT2D eigenvalue weighted by Gasteiger charge is -2.26. The Labute approximate surface area is 476 Å². The van der Waals surface area contributed by atoms with Crippen LogP contribution in [0.1, 0.15) is 33.9 Å². The molecule has 1 aliphatic heterocycles. The van der Waals surface area contributed by atoms with Crippen LogP contribution in [0, 0.1) is 22.7 Å². The van der Waals surface area contributed by atoms with Gasteiger partial charge >= 0.3 is 0 Å². The van der Waals surface area contributed by atoms with Crippen molar-refractivity contribution in [2.75, 3.05) is 4.90 Å². The van der Waals surface area contributed by atoms with E-state index in [4.69, 9.17) is 4.74 Å². The third kappa shape index (κ3) is 6.79. The molecule has 11 aromatic carbocycles. The highest BCUT2D eigenvalue weighted by Crippen LogP contribution is 2.49. The molecule has 2 bridgehead atoms. The molecule has 17 rings (SSSR count). The van der Waals surface area contributed by atoms with Gasteiger partial charge in [0.05, 0.1) is 72.4 Å². The monoisotopic (exact) mass is 1060 g/mol. The van der Waals surface area contributed by atoms with Gasteiger partial charge < -0.3 is 27.9 Å². The maximum Gasteiger partial charge on any atom is 0.134 e. The van der Waals surface area contributed by atoms with E-state index in [-0.39, 0.29) is 5.92 Å². The molecule has 1 aliphatic carbocycles. The summed E-state index contributed by atoms with van der Waals surface area (Å²) in [6.45, 7) is 0. The summed E-state index contributed by atoms with van der Waals surface area (Å²) in [4.78, 5) is 2.26. The number of para-hydroxylation sites is 7. The van der Waals surface area contributed by atoms with Gasteiger partial charge in [-0.3, -0.25) is 0 Å². The largest absolute Gasteiger partial charge is 0.457 e. The van der Waals surface area contributed by atoms with Crippen LogP contribution >= 0.6 is 0 Å². The lowest BCUT2D eigenvalue weighted by atomic mass is 9.95. The molecule has 0 amide bonds. The van der Waals surface area contributed by atoms with E-state index in [1.807, 2.05) is 42.5 Å². The second kappa shape index (κ2) is 18.0. The van der Waals surface area contributed by atoms with Crippen molar-refractivity contribution in [1.82, 2.24) is 18.3 Å². The Kier molecular flexibility index (Phi) is 10.0. The van der Waals surface area contributed by atoms with Crippen LogP contribution in [0.2, 0.25) is 0 Å².